The van der Waals surface area contributed by atoms with Crippen LogP contribution >= 0.6 is 15.9 Å². The number of amides is 1. The predicted molar refractivity (Wildman–Crippen MR) is 74.1 cm³/mol. The summed E-state index contributed by atoms with van der Waals surface area (Å²) in [6.07, 6.45) is 3.61. The molecule has 1 amide bonds. The van der Waals surface area contributed by atoms with Crippen LogP contribution in [0.15, 0.2) is 26.8 Å². The molecule has 0 bridgehead atoms. The van der Waals surface area contributed by atoms with Gasteiger partial charge in [-0.3, -0.25) is 4.79 Å². The van der Waals surface area contributed by atoms with Crippen molar-refractivity contribution >= 4 is 27.9 Å². The predicted octanol–water partition coefficient (Wildman–Crippen LogP) is 2.49. The van der Waals surface area contributed by atoms with Gasteiger partial charge in [0.25, 0.3) is 5.91 Å². The van der Waals surface area contributed by atoms with Crippen molar-refractivity contribution in [3.63, 3.8) is 0 Å². The van der Waals surface area contributed by atoms with Gasteiger partial charge in [0.15, 0.2) is 0 Å². The summed E-state index contributed by atoms with van der Waals surface area (Å²) >= 11 is 3.23. The minimum atomic E-state index is -0.411. The molecule has 0 radical (unpaired) electrons. The molecule has 0 saturated carbocycles. The molecule has 19 heavy (non-hydrogen) atoms. The Morgan fingerprint density at radius 2 is 2.47 bits per heavy atom. The summed E-state index contributed by atoms with van der Waals surface area (Å²) < 4.78 is 11.0. The molecule has 1 aromatic heterocycles. The molecule has 1 heterocycles. The summed E-state index contributed by atoms with van der Waals surface area (Å²) in [7, 11) is 0. The smallest absolute Gasteiger partial charge is 0.262 e. The number of nitriles is 1. The van der Waals surface area contributed by atoms with Gasteiger partial charge in [0.05, 0.1) is 4.47 Å². The molecular formula is C13H15BrN2O3. The van der Waals surface area contributed by atoms with Crippen LogP contribution in [0.25, 0.3) is 6.08 Å². The molecule has 1 aromatic rings. The average Bonchev–Trinajstić information content (AvgIpc) is 2.81. The standard InChI is InChI=1S/C13H15BrN2O3/c1-2-18-5-3-4-16-13(17)10(8-15)6-12-7-11(14)9-19-12/h6-7,9H,2-5H2,1H3,(H,16,17)/b10-6+. The lowest BCUT2D eigenvalue weighted by molar-refractivity contribution is -0.117. The molecule has 0 aliphatic heterocycles. The molecule has 0 aliphatic rings. The van der Waals surface area contributed by atoms with Crippen molar-refractivity contribution in [2.45, 2.75) is 13.3 Å². The Morgan fingerprint density at radius 3 is 3.05 bits per heavy atom. The van der Waals surface area contributed by atoms with Crippen molar-refractivity contribution < 1.29 is 13.9 Å². The lowest BCUT2D eigenvalue weighted by Crippen LogP contribution is -2.26. The van der Waals surface area contributed by atoms with E-state index in [1.54, 1.807) is 6.07 Å². The first kappa shape index (κ1) is 15.5. The number of nitrogens with zero attached hydrogens (tertiary/aromatic N) is 1. The van der Waals surface area contributed by atoms with Crippen LogP contribution in [0.4, 0.5) is 0 Å². The molecule has 0 aromatic carbocycles. The first-order valence-corrected chi connectivity index (χ1v) is 6.68. The van der Waals surface area contributed by atoms with Crippen LogP contribution in [0, 0.1) is 11.3 Å². The van der Waals surface area contributed by atoms with E-state index in [0.717, 1.165) is 4.47 Å². The number of nitrogens with one attached hydrogen (secondary N) is 1. The lowest BCUT2D eigenvalue weighted by Gasteiger charge is -2.03. The van der Waals surface area contributed by atoms with Gasteiger partial charge in [-0.25, -0.2) is 0 Å². The number of furan rings is 1. The molecule has 0 fully saturated rings. The van der Waals surface area contributed by atoms with E-state index in [0.29, 0.717) is 31.9 Å². The quantitative estimate of drug-likeness (QED) is 0.474. The van der Waals surface area contributed by atoms with Crippen molar-refractivity contribution in [2.75, 3.05) is 19.8 Å². The monoisotopic (exact) mass is 326 g/mol. The number of hydrogen-bond donors (Lipinski definition) is 1. The summed E-state index contributed by atoms with van der Waals surface area (Å²) in [6.45, 7) is 3.63. The Hall–Kier alpha value is -1.58. The van der Waals surface area contributed by atoms with Gasteiger partial charge in [-0.15, -0.1) is 0 Å². The van der Waals surface area contributed by atoms with Gasteiger partial charge < -0.3 is 14.5 Å². The van der Waals surface area contributed by atoms with Gasteiger partial charge in [-0.2, -0.15) is 5.26 Å². The van der Waals surface area contributed by atoms with Crippen LogP contribution in [0.3, 0.4) is 0 Å². The zero-order valence-corrected chi connectivity index (χ0v) is 12.2. The molecule has 1 rings (SSSR count). The molecule has 5 nitrogen and oxygen atoms in total. The maximum absolute atomic E-state index is 11.7. The van der Waals surface area contributed by atoms with Gasteiger partial charge >= 0.3 is 0 Å². The van der Waals surface area contributed by atoms with E-state index in [-0.39, 0.29) is 5.57 Å². The molecular weight excluding hydrogens is 312 g/mol. The molecule has 0 atom stereocenters. The van der Waals surface area contributed by atoms with Crippen molar-refractivity contribution in [1.29, 1.82) is 5.26 Å². The number of hydrogen-bond acceptors (Lipinski definition) is 4. The molecule has 6 heteroatoms. The van der Waals surface area contributed by atoms with E-state index in [4.69, 9.17) is 14.4 Å². The van der Waals surface area contributed by atoms with Crippen LogP contribution in [0.2, 0.25) is 0 Å². The topological polar surface area (TPSA) is 75.3 Å². The van der Waals surface area contributed by atoms with E-state index < -0.39 is 5.91 Å². The Labute approximate surface area is 120 Å². The van der Waals surface area contributed by atoms with E-state index in [1.165, 1.54) is 12.3 Å². The third kappa shape index (κ3) is 5.73. The summed E-state index contributed by atoms with van der Waals surface area (Å²) in [5.74, 6) is 0.0411. The highest BCUT2D eigenvalue weighted by Crippen LogP contribution is 2.16. The van der Waals surface area contributed by atoms with Gasteiger partial charge in [-0.05, 0) is 35.3 Å². The fourth-order valence-electron chi connectivity index (χ4n) is 1.31. The molecule has 0 spiro atoms. The van der Waals surface area contributed by atoms with Gasteiger partial charge in [0, 0.05) is 25.8 Å². The zero-order chi connectivity index (χ0) is 14.1. The first-order valence-electron chi connectivity index (χ1n) is 5.89. The van der Waals surface area contributed by atoms with Gasteiger partial charge in [-0.1, -0.05) is 0 Å². The van der Waals surface area contributed by atoms with E-state index in [2.05, 4.69) is 21.2 Å². The zero-order valence-electron chi connectivity index (χ0n) is 10.6. The fourth-order valence-corrected chi connectivity index (χ4v) is 1.63. The average molecular weight is 327 g/mol. The van der Waals surface area contributed by atoms with Crippen molar-refractivity contribution in [3.05, 3.63) is 28.1 Å². The molecule has 1 N–H and O–H groups in total. The minimum absolute atomic E-state index is 0.0123. The minimum Gasteiger partial charge on any atom is -0.464 e. The Bertz CT molecular complexity index is 488. The molecule has 102 valence electrons. The van der Waals surface area contributed by atoms with Crippen molar-refractivity contribution in [3.8, 4) is 6.07 Å². The second kappa shape index (κ2) is 8.51. The van der Waals surface area contributed by atoms with Crippen molar-refractivity contribution in [1.82, 2.24) is 5.32 Å². The number of rotatable bonds is 7. The SMILES string of the molecule is CCOCCCNC(=O)/C(C#N)=C/c1cc(Br)co1. The van der Waals surface area contributed by atoms with Crippen molar-refractivity contribution in [2.24, 2.45) is 0 Å². The lowest BCUT2D eigenvalue weighted by atomic mass is 10.2. The summed E-state index contributed by atoms with van der Waals surface area (Å²) in [6, 6.07) is 3.53. The van der Waals surface area contributed by atoms with E-state index in [1.807, 2.05) is 13.0 Å². The van der Waals surface area contributed by atoms with Crippen LogP contribution in [-0.2, 0) is 9.53 Å². The highest BCUT2D eigenvalue weighted by Gasteiger charge is 2.09. The second-order valence-electron chi connectivity index (χ2n) is 3.64. The Kier molecular flexibility index (Phi) is 6.93. The summed E-state index contributed by atoms with van der Waals surface area (Å²) in [4.78, 5) is 11.7. The largest absolute Gasteiger partial charge is 0.464 e. The fraction of sp³-hybridized carbons (Fsp3) is 0.385. The number of carbonyl (C=O) groups excluding carboxylic acids is 1. The molecule has 0 saturated heterocycles. The Balaban J connectivity index is 2.49. The number of carbonyl (C=O) groups is 1. The van der Waals surface area contributed by atoms with Gasteiger partial charge in [0.2, 0.25) is 0 Å². The Morgan fingerprint density at radius 1 is 1.68 bits per heavy atom. The number of ether oxygens (including phenoxy) is 1. The maximum Gasteiger partial charge on any atom is 0.262 e. The van der Waals surface area contributed by atoms with E-state index >= 15 is 0 Å². The normalized spacial score (nSPS) is 11.1. The third-order valence-electron chi connectivity index (χ3n) is 2.19. The van der Waals surface area contributed by atoms with E-state index in [9.17, 15) is 4.79 Å². The number of halogens is 1. The van der Waals surface area contributed by atoms with Gasteiger partial charge in [0.1, 0.15) is 23.7 Å². The van der Waals surface area contributed by atoms with Crippen LogP contribution in [-0.4, -0.2) is 25.7 Å². The summed E-state index contributed by atoms with van der Waals surface area (Å²) in [5.41, 5.74) is 0.0123. The second-order valence-corrected chi connectivity index (χ2v) is 4.56. The molecule has 0 unspecified atom stereocenters. The van der Waals surface area contributed by atoms with Crippen LogP contribution in [0.1, 0.15) is 19.1 Å². The molecule has 0 aliphatic carbocycles. The van der Waals surface area contributed by atoms with Crippen LogP contribution < -0.4 is 5.32 Å². The van der Waals surface area contributed by atoms with Crippen LogP contribution in [0.5, 0.6) is 0 Å². The third-order valence-corrected chi connectivity index (χ3v) is 2.61. The highest BCUT2D eigenvalue weighted by atomic mass is 79.9. The maximum atomic E-state index is 11.7. The first-order chi connectivity index (χ1) is 9.17. The summed E-state index contributed by atoms with van der Waals surface area (Å²) in [5, 5.41) is 11.6. The highest BCUT2D eigenvalue weighted by molar-refractivity contribution is 9.10.